The summed E-state index contributed by atoms with van der Waals surface area (Å²) in [6.45, 7) is 1.69. The van der Waals surface area contributed by atoms with Crippen LogP contribution in [0.3, 0.4) is 0 Å². The number of benzene rings is 1. The van der Waals surface area contributed by atoms with Crippen LogP contribution in [0, 0.1) is 11.6 Å². The van der Waals surface area contributed by atoms with Gasteiger partial charge in [0.1, 0.15) is 17.5 Å². The van der Waals surface area contributed by atoms with Crippen LogP contribution >= 0.6 is 0 Å². The Balaban J connectivity index is 1.57. The van der Waals surface area contributed by atoms with E-state index >= 15 is 0 Å². The minimum Gasteiger partial charge on any atom is -0.382 e. The number of halogens is 2. The highest BCUT2D eigenvalue weighted by Gasteiger charge is 2.31. The molecule has 140 valence electrons. The molecule has 2 saturated heterocycles. The summed E-state index contributed by atoms with van der Waals surface area (Å²) in [6.07, 6.45) is 4.48. The quantitative estimate of drug-likeness (QED) is 0.742. The van der Waals surface area contributed by atoms with Gasteiger partial charge in [-0.3, -0.25) is 0 Å². The summed E-state index contributed by atoms with van der Waals surface area (Å²) in [4.78, 5) is 6.84. The summed E-state index contributed by atoms with van der Waals surface area (Å²) < 4.78 is 29.7. The number of hydrogen-bond donors (Lipinski definition) is 2. The lowest BCUT2D eigenvalue weighted by molar-refractivity contribution is 0.386. The molecule has 2 unspecified atom stereocenters. The van der Waals surface area contributed by atoms with Crippen LogP contribution in [0.4, 0.5) is 20.4 Å². The molecule has 4 heterocycles. The fourth-order valence-electron chi connectivity index (χ4n) is 4.12. The van der Waals surface area contributed by atoms with Crippen molar-refractivity contribution in [1.82, 2.24) is 19.9 Å². The monoisotopic (exact) mass is 370 g/mol. The Kier molecular flexibility index (Phi) is 3.75. The molecule has 5 rings (SSSR count). The van der Waals surface area contributed by atoms with E-state index in [9.17, 15) is 8.78 Å². The molecule has 3 N–H and O–H groups in total. The van der Waals surface area contributed by atoms with E-state index in [-0.39, 0.29) is 17.9 Å². The van der Waals surface area contributed by atoms with Crippen LogP contribution < -0.4 is 16.0 Å². The first-order valence-electron chi connectivity index (χ1n) is 9.21. The van der Waals surface area contributed by atoms with Gasteiger partial charge in [-0.2, -0.15) is 0 Å². The molecule has 2 aliphatic rings. The molecule has 27 heavy (non-hydrogen) atoms. The molecular weight excluding hydrogens is 350 g/mol. The van der Waals surface area contributed by atoms with Crippen molar-refractivity contribution in [2.75, 3.05) is 23.7 Å². The van der Waals surface area contributed by atoms with E-state index in [2.05, 4.69) is 10.4 Å². The maximum Gasteiger partial charge on any atom is 0.164 e. The minimum atomic E-state index is -0.427. The highest BCUT2D eigenvalue weighted by Crippen LogP contribution is 2.38. The Morgan fingerprint density at radius 3 is 2.81 bits per heavy atom. The molecule has 0 radical (unpaired) electrons. The zero-order valence-electron chi connectivity index (χ0n) is 14.7. The van der Waals surface area contributed by atoms with Gasteiger partial charge in [0.15, 0.2) is 11.5 Å². The van der Waals surface area contributed by atoms with E-state index in [1.807, 2.05) is 17.2 Å². The van der Waals surface area contributed by atoms with Crippen LogP contribution in [0.5, 0.6) is 0 Å². The normalized spacial score (nSPS) is 22.4. The molecule has 2 aromatic heterocycles. The first-order chi connectivity index (χ1) is 13.1. The molecule has 0 aliphatic carbocycles. The Hall–Kier alpha value is -2.74. The number of fused-ring (bicyclic) bond motifs is 1. The number of hydrogen-bond acceptors (Lipinski definition) is 5. The lowest BCUT2D eigenvalue weighted by atomic mass is 10.00. The van der Waals surface area contributed by atoms with Crippen molar-refractivity contribution in [2.24, 2.45) is 0 Å². The maximum absolute atomic E-state index is 14.3. The third kappa shape index (κ3) is 2.63. The van der Waals surface area contributed by atoms with Gasteiger partial charge in [0.25, 0.3) is 0 Å². The summed E-state index contributed by atoms with van der Waals surface area (Å²) in [7, 11) is 0. The first-order valence-corrected chi connectivity index (χ1v) is 9.21. The van der Waals surface area contributed by atoms with Crippen LogP contribution in [0.2, 0.25) is 0 Å². The number of nitrogens with two attached hydrogens (primary N) is 1. The molecule has 1 aromatic carbocycles. The van der Waals surface area contributed by atoms with Gasteiger partial charge in [-0.15, -0.1) is 5.10 Å². The maximum atomic E-state index is 14.3. The predicted octanol–water partition coefficient (Wildman–Crippen LogP) is 2.97. The molecule has 2 aliphatic heterocycles. The van der Waals surface area contributed by atoms with E-state index in [1.165, 1.54) is 12.1 Å². The van der Waals surface area contributed by atoms with E-state index in [4.69, 9.17) is 10.7 Å². The fraction of sp³-hybridized carbons (Fsp3) is 0.368. The van der Waals surface area contributed by atoms with Crippen molar-refractivity contribution >= 4 is 17.3 Å². The molecule has 0 spiro atoms. The number of aromatic nitrogens is 3. The largest absolute Gasteiger partial charge is 0.382 e. The summed E-state index contributed by atoms with van der Waals surface area (Å²) in [5.74, 6) is 0.394. The minimum absolute atomic E-state index is 0.167. The standard InChI is InChI=1S/C19H20F2N6/c20-11-3-4-13(21)12(10-11)15-2-1-8-26(15)16-6-9-27-19(24-16)17(18(22)25-27)14-5-7-23-14/h3-4,6,9-10,14-15,23H,1-2,5,7-8H2,(H2,22,25). The number of nitrogens with zero attached hydrogens (tertiary/aromatic N) is 4. The van der Waals surface area contributed by atoms with Crippen molar-refractivity contribution < 1.29 is 8.78 Å². The summed E-state index contributed by atoms with van der Waals surface area (Å²) >= 11 is 0. The van der Waals surface area contributed by atoms with E-state index in [0.29, 0.717) is 17.0 Å². The number of nitrogens with one attached hydrogen (secondary N) is 1. The Morgan fingerprint density at radius 1 is 1.19 bits per heavy atom. The summed E-state index contributed by atoms with van der Waals surface area (Å²) in [5.41, 5.74) is 8.11. The van der Waals surface area contributed by atoms with E-state index < -0.39 is 5.82 Å². The second-order valence-corrected chi connectivity index (χ2v) is 7.17. The summed E-state index contributed by atoms with van der Waals surface area (Å²) in [5, 5.41) is 7.69. The van der Waals surface area contributed by atoms with E-state index in [0.717, 1.165) is 49.8 Å². The lowest BCUT2D eigenvalue weighted by Crippen LogP contribution is -2.35. The highest BCUT2D eigenvalue weighted by molar-refractivity contribution is 5.64. The molecule has 2 fully saturated rings. The van der Waals surface area contributed by atoms with Crippen molar-refractivity contribution in [2.45, 2.75) is 31.3 Å². The average molecular weight is 370 g/mol. The third-order valence-corrected chi connectivity index (χ3v) is 5.57. The molecule has 0 bridgehead atoms. The second-order valence-electron chi connectivity index (χ2n) is 7.17. The third-order valence-electron chi connectivity index (χ3n) is 5.57. The van der Waals surface area contributed by atoms with Gasteiger partial charge in [-0.05, 0) is 50.1 Å². The predicted molar refractivity (Wildman–Crippen MR) is 98.4 cm³/mol. The van der Waals surface area contributed by atoms with Gasteiger partial charge in [0.2, 0.25) is 0 Å². The molecule has 0 amide bonds. The molecule has 8 heteroatoms. The van der Waals surface area contributed by atoms with Gasteiger partial charge >= 0.3 is 0 Å². The van der Waals surface area contributed by atoms with Gasteiger partial charge < -0.3 is 16.0 Å². The number of nitrogen functional groups attached to an aromatic ring is 1. The van der Waals surface area contributed by atoms with Gasteiger partial charge in [0.05, 0.1) is 11.6 Å². The van der Waals surface area contributed by atoms with Crippen LogP contribution in [0.25, 0.3) is 5.65 Å². The zero-order valence-corrected chi connectivity index (χ0v) is 14.7. The van der Waals surface area contributed by atoms with Crippen molar-refractivity contribution in [3.63, 3.8) is 0 Å². The molecule has 2 atom stereocenters. The van der Waals surface area contributed by atoms with Gasteiger partial charge in [-0.1, -0.05) is 0 Å². The molecule has 6 nitrogen and oxygen atoms in total. The Morgan fingerprint density at radius 2 is 2.04 bits per heavy atom. The van der Waals surface area contributed by atoms with Crippen LogP contribution in [-0.4, -0.2) is 27.7 Å². The van der Waals surface area contributed by atoms with Crippen LogP contribution in [0.15, 0.2) is 30.5 Å². The van der Waals surface area contributed by atoms with Crippen molar-refractivity contribution in [1.29, 1.82) is 0 Å². The Labute approximate surface area is 155 Å². The molecule has 3 aromatic rings. The SMILES string of the molecule is Nc1nn2ccc(N3CCCC3c3cc(F)ccc3F)nc2c1C1CCN1. The second kappa shape index (κ2) is 6.16. The van der Waals surface area contributed by atoms with Gasteiger partial charge in [-0.25, -0.2) is 18.3 Å². The van der Waals surface area contributed by atoms with Gasteiger partial charge in [0, 0.05) is 24.3 Å². The first kappa shape index (κ1) is 16.4. The fourth-order valence-corrected chi connectivity index (χ4v) is 4.12. The van der Waals surface area contributed by atoms with E-state index in [1.54, 1.807) is 4.52 Å². The summed E-state index contributed by atoms with van der Waals surface area (Å²) in [6, 6.07) is 5.41. The lowest BCUT2D eigenvalue weighted by Gasteiger charge is -2.28. The zero-order chi connectivity index (χ0) is 18.5. The van der Waals surface area contributed by atoms with Crippen LogP contribution in [-0.2, 0) is 0 Å². The Bertz CT molecular complexity index is 1010. The number of rotatable bonds is 3. The highest BCUT2D eigenvalue weighted by atomic mass is 19.1. The number of anilines is 2. The van der Waals surface area contributed by atoms with Crippen molar-refractivity contribution in [3.8, 4) is 0 Å². The van der Waals surface area contributed by atoms with Crippen molar-refractivity contribution in [3.05, 3.63) is 53.2 Å². The topological polar surface area (TPSA) is 71.5 Å². The van der Waals surface area contributed by atoms with Crippen LogP contribution in [0.1, 0.15) is 42.5 Å². The average Bonchev–Trinajstić information content (AvgIpc) is 3.21. The molecule has 0 saturated carbocycles. The smallest absolute Gasteiger partial charge is 0.164 e. The molecular formula is C19H20F2N6.